The molecule has 0 amide bonds. The lowest BCUT2D eigenvalue weighted by Gasteiger charge is -2.31. The second-order valence-corrected chi connectivity index (χ2v) is 6.57. The maximum Gasteiger partial charge on any atom is 0.338 e. The highest BCUT2D eigenvalue weighted by Crippen LogP contribution is 2.32. The van der Waals surface area contributed by atoms with Crippen LogP contribution in [0.2, 0.25) is 0 Å². The van der Waals surface area contributed by atoms with Crippen molar-refractivity contribution < 1.29 is 14.5 Å². The van der Waals surface area contributed by atoms with Crippen molar-refractivity contribution >= 4 is 27.6 Å². The van der Waals surface area contributed by atoms with Crippen LogP contribution in [0.15, 0.2) is 22.7 Å². The number of hydrogen-bond acceptors (Lipinski definition) is 4. The number of halogens is 1. The number of nitro groups is 1. The Hall–Kier alpha value is -1.43. The van der Waals surface area contributed by atoms with E-state index < -0.39 is 10.9 Å². The van der Waals surface area contributed by atoms with Gasteiger partial charge >= 0.3 is 5.97 Å². The SMILES string of the molecule is CC1CCC(OC(=O)c2ccc(Br)c([N+](=O)[O-])c2)CC1C. The minimum Gasteiger partial charge on any atom is -0.459 e. The van der Waals surface area contributed by atoms with Crippen LogP contribution in [-0.2, 0) is 4.74 Å². The number of rotatable bonds is 3. The summed E-state index contributed by atoms with van der Waals surface area (Å²) >= 11 is 3.10. The molecule has 3 unspecified atom stereocenters. The molecule has 6 heteroatoms. The van der Waals surface area contributed by atoms with E-state index in [2.05, 4.69) is 29.8 Å². The summed E-state index contributed by atoms with van der Waals surface area (Å²) in [5.74, 6) is 0.682. The molecule has 5 nitrogen and oxygen atoms in total. The van der Waals surface area contributed by atoms with Crippen LogP contribution < -0.4 is 0 Å². The van der Waals surface area contributed by atoms with Crippen molar-refractivity contribution in [1.29, 1.82) is 0 Å². The molecule has 0 bridgehead atoms. The van der Waals surface area contributed by atoms with Crippen molar-refractivity contribution in [3.8, 4) is 0 Å². The summed E-state index contributed by atoms with van der Waals surface area (Å²) in [6.45, 7) is 4.37. The summed E-state index contributed by atoms with van der Waals surface area (Å²) in [6.07, 6.45) is 2.66. The Morgan fingerprint density at radius 2 is 2.05 bits per heavy atom. The van der Waals surface area contributed by atoms with Crippen LogP contribution in [0.25, 0.3) is 0 Å². The fourth-order valence-electron chi connectivity index (χ4n) is 2.60. The molecule has 0 spiro atoms. The normalized spacial score (nSPS) is 25.4. The molecule has 2 rings (SSSR count). The highest BCUT2D eigenvalue weighted by atomic mass is 79.9. The fraction of sp³-hybridized carbons (Fsp3) is 0.533. The minimum absolute atomic E-state index is 0.0913. The van der Waals surface area contributed by atoms with Gasteiger partial charge in [0.15, 0.2) is 0 Å². The number of nitro benzene ring substituents is 1. The van der Waals surface area contributed by atoms with Gasteiger partial charge in [-0.15, -0.1) is 0 Å². The molecule has 1 aromatic carbocycles. The van der Waals surface area contributed by atoms with E-state index in [1.165, 1.54) is 18.2 Å². The van der Waals surface area contributed by atoms with Gasteiger partial charge in [0.2, 0.25) is 0 Å². The number of ether oxygens (including phenoxy) is 1. The maximum atomic E-state index is 12.1. The molecule has 1 aromatic rings. The van der Waals surface area contributed by atoms with Gasteiger partial charge in [-0.3, -0.25) is 10.1 Å². The Morgan fingerprint density at radius 1 is 1.33 bits per heavy atom. The Bertz CT molecular complexity index is 561. The second-order valence-electron chi connectivity index (χ2n) is 5.72. The van der Waals surface area contributed by atoms with Gasteiger partial charge in [-0.2, -0.15) is 0 Å². The summed E-state index contributed by atoms with van der Waals surface area (Å²) in [5, 5.41) is 10.9. The lowest BCUT2D eigenvalue weighted by atomic mass is 9.80. The van der Waals surface area contributed by atoms with Gasteiger partial charge in [0.05, 0.1) is 15.0 Å². The summed E-state index contributed by atoms with van der Waals surface area (Å²) in [4.78, 5) is 22.5. The molecule has 0 aliphatic heterocycles. The topological polar surface area (TPSA) is 69.4 Å². The molecule has 1 aliphatic carbocycles. The van der Waals surface area contributed by atoms with Crippen molar-refractivity contribution in [2.24, 2.45) is 11.8 Å². The van der Waals surface area contributed by atoms with Crippen LogP contribution in [0.3, 0.4) is 0 Å². The quantitative estimate of drug-likeness (QED) is 0.459. The molecule has 0 aromatic heterocycles. The minimum atomic E-state index is -0.523. The molecular weight excluding hydrogens is 338 g/mol. The van der Waals surface area contributed by atoms with Crippen LogP contribution in [0.4, 0.5) is 5.69 Å². The first-order chi connectivity index (χ1) is 9.88. The zero-order chi connectivity index (χ0) is 15.6. The van der Waals surface area contributed by atoms with Crippen molar-refractivity contribution in [2.75, 3.05) is 0 Å². The van der Waals surface area contributed by atoms with Crippen LogP contribution in [0.1, 0.15) is 43.5 Å². The summed E-state index contributed by atoms with van der Waals surface area (Å²) in [6, 6.07) is 4.29. The number of esters is 1. The molecule has 0 N–H and O–H groups in total. The molecule has 1 saturated carbocycles. The maximum absolute atomic E-state index is 12.1. The van der Waals surface area contributed by atoms with Crippen LogP contribution in [-0.4, -0.2) is 17.0 Å². The van der Waals surface area contributed by atoms with Crippen molar-refractivity contribution in [3.63, 3.8) is 0 Å². The second kappa shape index (κ2) is 6.56. The molecule has 3 atom stereocenters. The van der Waals surface area contributed by atoms with Crippen molar-refractivity contribution in [1.82, 2.24) is 0 Å². The lowest BCUT2D eigenvalue weighted by Crippen LogP contribution is -2.28. The Balaban J connectivity index is 2.07. The van der Waals surface area contributed by atoms with Gasteiger partial charge in [0.1, 0.15) is 6.10 Å². The molecule has 0 heterocycles. The van der Waals surface area contributed by atoms with E-state index in [9.17, 15) is 14.9 Å². The van der Waals surface area contributed by atoms with Gasteiger partial charge in [-0.05, 0) is 59.2 Å². The molecule has 114 valence electrons. The number of carbonyl (C=O) groups excluding carboxylic acids is 1. The zero-order valence-electron chi connectivity index (χ0n) is 12.0. The molecular formula is C15H18BrNO4. The predicted octanol–water partition coefficient (Wildman–Crippen LogP) is 4.34. The fourth-order valence-corrected chi connectivity index (χ4v) is 3.00. The summed E-state index contributed by atoms with van der Waals surface area (Å²) < 4.78 is 5.84. The van der Waals surface area contributed by atoms with E-state index in [1.807, 2.05) is 0 Å². The third-order valence-corrected chi connectivity index (χ3v) is 4.87. The third kappa shape index (κ3) is 3.81. The first-order valence-corrected chi connectivity index (χ1v) is 7.82. The van der Waals surface area contributed by atoms with E-state index in [4.69, 9.17) is 4.74 Å². The smallest absolute Gasteiger partial charge is 0.338 e. The highest BCUT2D eigenvalue weighted by Gasteiger charge is 2.27. The van der Waals surface area contributed by atoms with Crippen LogP contribution in [0, 0.1) is 22.0 Å². The van der Waals surface area contributed by atoms with E-state index in [0.29, 0.717) is 16.3 Å². The average Bonchev–Trinajstić information content (AvgIpc) is 2.43. The highest BCUT2D eigenvalue weighted by molar-refractivity contribution is 9.10. The van der Waals surface area contributed by atoms with Gasteiger partial charge in [0.25, 0.3) is 5.69 Å². The Kier molecular flexibility index (Phi) is 4.98. The molecule has 1 fully saturated rings. The molecule has 0 saturated heterocycles. The van der Waals surface area contributed by atoms with E-state index in [-0.39, 0.29) is 17.4 Å². The van der Waals surface area contributed by atoms with E-state index in [0.717, 1.165) is 19.3 Å². The first-order valence-electron chi connectivity index (χ1n) is 7.03. The third-order valence-electron chi connectivity index (χ3n) is 4.20. The number of nitrogens with zero attached hydrogens (tertiary/aromatic N) is 1. The van der Waals surface area contributed by atoms with Gasteiger partial charge in [0, 0.05) is 6.07 Å². The Morgan fingerprint density at radius 3 is 2.67 bits per heavy atom. The largest absolute Gasteiger partial charge is 0.459 e. The van der Waals surface area contributed by atoms with Crippen molar-refractivity contribution in [3.05, 3.63) is 38.3 Å². The summed E-state index contributed by atoms with van der Waals surface area (Å²) in [7, 11) is 0. The standard InChI is InChI=1S/C15H18BrNO4/c1-9-3-5-12(7-10(9)2)21-15(18)11-4-6-13(16)14(8-11)17(19)20/h4,6,8-10,12H,3,5,7H2,1-2H3. The van der Waals surface area contributed by atoms with Crippen LogP contribution in [0.5, 0.6) is 0 Å². The average molecular weight is 356 g/mol. The van der Waals surface area contributed by atoms with Crippen LogP contribution >= 0.6 is 15.9 Å². The van der Waals surface area contributed by atoms with Crippen molar-refractivity contribution in [2.45, 2.75) is 39.2 Å². The molecule has 21 heavy (non-hydrogen) atoms. The van der Waals surface area contributed by atoms with Gasteiger partial charge in [-0.1, -0.05) is 13.8 Å². The number of hydrogen-bond donors (Lipinski definition) is 0. The first kappa shape index (κ1) is 15.9. The predicted molar refractivity (Wildman–Crippen MR) is 82.2 cm³/mol. The van der Waals surface area contributed by atoms with Gasteiger partial charge < -0.3 is 4.74 Å². The molecule has 1 aliphatic rings. The number of benzene rings is 1. The zero-order valence-corrected chi connectivity index (χ0v) is 13.6. The van der Waals surface area contributed by atoms with Gasteiger partial charge in [-0.25, -0.2) is 4.79 Å². The summed E-state index contributed by atoms with van der Waals surface area (Å²) in [5.41, 5.74) is 0.0891. The molecule has 0 radical (unpaired) electrons. The number of carbonyl (C=O) groups is 1. The van der Waals surface area contributed by atoms with E-state index >= 15 is 0 Å². The Labute approximate surface area is 132 Å². The van der Waals surface area contributed by atoms with E-state index in [1.54, 1.807) is 0 Å². The lowest BCUT2D eigenvalue weighted by molar-refractivity contribution is -0.385. The monoisotopic (exact) mass is 355 g/mol.